The van der Waals surface area contributed by atoms with Gasteiger partial charge in [-0.2, -0.15) is 0 Å². The Morgan fingerprint density at radius 2 is 2.24 bits per heavy atom. The van der Waals surface area contributed by atoms with E-state index in [1.54, 1.807) is 18.3 Å². The molecule has 0 saturated heterocycles. The van der Waals surface area contributed by atoms with Crippen LogP contribution in [0, 0.1) is 5.82 Å². The molecule has 2 atom stereocenters. The van der Waals surface area contributed by atoms with Crippen molar-refractivity contribution in [3.63, 3.8) is 0 Å². The van der Waals surface area contributed by atoms with Crippen molar-refractivity contribution in [2.24, 2.45) is 5.73 Å². The number of aromatic nitrogens is 2. The fourth-order valence-electron chi connectivity index (χ4n) is 3.08. The first-order valence-electron chi connectivity index (χ1n) is 7.31. The number of nitrogens with two attached hydrogens (primary N) is 1. The molecule has 0 aliphatic heterocycles. The van der Waals surface area contributed by atoms with Gasteiger partial charge in [0.2, 0.25) is 0 Å². The van der Waals surface area contributed by atoms with E-state index in [1.807, 2.05) is 6.20 Å². The van der Waals surface area contributed by atoms with E-state index in [9.17, 15) is 4.39 Å². The highest BCUT2D eigenvalue weighted by molar-refractivity contribution is 5.58. The third-order valence-corrected chi connectivity index (χ3v) is 4.16. The SMILES string of the molecule is COc1cc(-c2nccn2[C@@H]2CCC[C@@H](N)C2)ccc1F. The molecule has 3 rings (SSSR count). The number of hydrogen-bond donors (Lipinski definition) is 1. The van der Waals surface area contributed by atoms with Crippen molar-refractivity contribution in [3.05, 3.63) is 36.4 Å². The molecule has 4 nitrogen and oxygen atoms in total. The third-order valence-electron chi connectivity index (χ3n) is 4.16. The van der Waals surface area contributed by atoms with Crippen molar-refractivity contribution in [2.45, 2.75) is 37.8 Å². The minimum atomic E-state index is -0.362. The van der Waals surface area contributed by atoms with Gasteiger partial charge in [0, 0.05) is 30.0 Å². The van der Waals surface area contributed by atoms with Crippen molar-refractivity contribution in [1.82, 2.24) is 9.55 Å². The van der Waals surface area contributed by atoms with Crippen LogP contribution in [0.4, 0.5) is 4.39 Å². The smallest absolute Gasteiger partial charge is 0.165 e. The lowest BCUT2D eigenvalue weighted by Crippen LogP contribution is -2.29. The topological polar surface area (TPSA) is 53.1 Å². The maximum absolute atomic E-state index is 13.5. The Morgan fingerprint density at radius 3 is 3.00 bits per heavy atom. The summed E-state index contributed by atoms with van der Waals surface area (Å²) in [6.07, 6.45) is 8.05. The van der Waals surface area contributed by atoms with E-state index in [4.69, 9.17) is 10.5 Å². The van der Waals surface area contributed by atoms with Crippen LogP contribution in [-0.2, 0) is 0 Å². The second-order valence-electron chi connectivity index (χ2n) is 5.59. The molecule has 1 heterocycles. The molecule has 0 bridgehead atoms. The second kappa shape index (κ2) is 5.85. The largest absolute Gasteiger partial charge is 0.494 e. The van der Waals surface area contributed by atoms with E-state index in [0.29, 0.717) is 6.04 Å². The lowest BCUT2D eigenvalue weighted by atomic mass is 9.91. The molecule has 0 unspecified atom stereocenters. The number of rotatable bonds is 3. The predicted molar refractivity (Wildman–Crippen MR) is 79.7 cm³/mol. The van der Waals surface area contributed by atoms with Gasteiger partial charge in [0.1, 0.15) is 5.82 Å². The van der Waals surface area contributed by atoms with E-state index in [-0.39, 0.29) is 17.6 Å². The second-order valence-corrected chi connectivity index (χ2v) is 5.59. The van der Waals surface area contributed by atoms with Gasteiger partial charge in [0.15, 0.2) is 11.6 Å². The normalized spacial score (nSPS) is 22.2. The molecule has 2 N–H and O–H groups in total. The van der Waals surface area contributed by atoms with Crippen LogP contribution in [0.3, 0.4) is 0 Å². The minimum Gasteiger partial charge on any atom is -0.494 e. The third kappa shape index (κ3) is 2.78. The number of nitrogens with zero attached hydrogens (tertiary/aromatic N) is 2. The van der Waals surface area contributed by atoms with Crippen LogP contribution in [0.25, 0.3) is 11.4 Å². The average Bonchev–Trinajstić information content (AvgIpc) is 2.97. The Bertz CT molecular complexity index is 626. The monoisotopic (exact) mass is 289 g/mol. The quantitative estimate of drug-likeness (QED) is 0.944. The molecular weight excluding hydrogens is 269 g/mol. The van der Waals surface area contributed by atoms with Gasteiger partial charge < -0.3 is 15.0 Å². The molecule has 2 aromatic rings. The van der Waals surface area contributed by atoms with E-state index in [1.165, 1.54) is 13.2 Å². The van der Waals surface area contributed by atoms with Crippen molar-refractivity contribution >= 4 is 0 Å². The lowest BCUT2D eigenvalue weighted by Gasteiger charge is -2.28. The summed E-state index contributed by atoms with van der Waals surface area (Å²) in [6.45, 7) is 0. The molecule has 0 amide bonds. The number of halogens is 1. The number of hydrogen-bond acceptors (Lipinski definition) is 3. The fourth-order valence-corrected chi connectivity index (χ4v) is 3.08. The van der Waals surface area contributed by atoms with Crippen molar-refractivity contribution in [2.75, 3.05) is 7.11 Å². The van der Waals surface area contributed by atoms with Crippen LogP contribution in [0.15, 0.2) is 30.6 Å². The summed E-state index contributed by atoms with van der Waals surface area (Å²) in [7, 11) is 1.47. The number of benzene rings is 1. The fraction of sp³-hybridized carbons (Fsp3) is 0.438. The number of methoxy groups -OCH3 is 1. The van der Waals surface area contributed by atoms with Crippen LogP contribution in [-0.4, -0.2) is 22.7 Å². The summed E-state index contributed by atoms with van der Waals surface area (Å²) in [6, 6.07) is 5.46. The van der Waals surface area contributed by atoms with Crippen LogP contribution in [0.1, 0.15) is 31.7 Å². The van der Waals surface area contributed by atoms with Gasteiger partial charge in [-0.05, 0) is 43.9 Å². The summed E-state index contributed by atoms with van der Waals surface area (Å²) >= 11 is 0. The van der Waals surface area contributed by atoms with E-state index in [0.717, 1.165) is 37.1 Å². The van der Waals surface area contributed by atoms with E-state index < -0.39 is 0 Å². The summed E-state index contributed by atoms with van der Waals surface area (Å²) < 4.78 is 20.8. The molecule has 1 aromatic heterocycles. The molecule has 0 radical (unpaired) electrons. The number of imidazole rings is 1. The summed E-state index contributed by atoms with van der Waals surface area (Å²) in [5.41, 5.74) is 6.94. The Kier molecular flexibility index (Phi) is 3.92. The highest BCUT2D eigenvalue weighted by Gasteiger charge is 2.23. The van der Waals surface area contributed by atoms with Crippen molar-refractivity contribution in [1.29, 1.82) is 0 Å². The van der Waals surface area contributed by atoms with Gasteiger partial charge in [-0.1, -0.05) is 0 Å². The Balaban J connectivity index is 1.95. The summed E-state index contributed by atoms with van der Waals surface area (Å²) in [5, 5.41) is 0. The van der Waals surface area contributed by atoms with Gasteiger partial charge in [-0.25, -0.2) is 9.37 Å². The highest BCUT2D eigenvalue weighted by atomic mass is 19.1. The van der Waals surface area contributed by atoms with Crippen LogP contribution >= 0.6 is 0 Å². The van der Waals surface area contributed by atoms with Gasteiger partial charge in [-0.3, -0.25) is 0 Å². The van der Waals surface area contributed by atoms with Crippen LogP contribution < -0.4 is 10.5 Å². The molecule has 5 heteroatoms. The molecular formula is C16H20FN3O. The van der Waals surface area contributed by atoms with Gasteiger partial charge in [-0.15, -0.1) is 0 Å². The molecule has 0 spiro atoms. The van der Waals surface area contributed by atoms with Crippen molar-refractivity contribution in [3.8, 4) is 17.1 Å². The minimum absolute atomic E-state index is 0.238. The first kappa shape index (κ1) is 14.1. The maximum atomic E-state index is 13.5. The number of ether oxygens (including phenoxy) is 1. The molecule has 1 fully saturated rings. The zero-order valence-corrected chi connectivity index (χ0v) is 12.1. The van der Waals surface area contributed by atoms with Gasteiger partial charge in [0.25, 0.3) is 0 Å². The Hall–Kier alpha value is -1.88. The molecule has 1 aliphatic carbocycles. The van der Waals surface area contributed by atoms with Gasteiger partial charge >= 0.3 is 0 Å². The predicted octanol–water partition coefficient (Wildman–Crippen LogP) is 3.14. The molecule has 1 aromatic carbocycles. The van der Waals surface area contributed by atoms with Crippen LogP contribution in [0.2, 0.25) is 0 Å². The lowest BCUT2D eigenvalue weighted by molar-refractivity contribution is 0.322. The molecule has 112 valence electrons. The zero-order chi connectivity index (χ0) is 14.8. The Labute approximate surface area is 123 Å². The first-order valence-corrected chi connectivity index (χ1v) is 7.31. The van der Waals surface area contributed by atoms with Crippen LogP contribution in [0.5, 0.6) is 5.75 Å². The highest BCUT2D eigenvalue weighted by Crippen LogP contribution is 2.32. The maximum Gasteiger partial charge on any atom is 0.165 e. The standard InChI is InChI=1S/C16H20FN3O/c1-21-15-9-11(5-6-14(15)17)16-19-7-8-20(16)13-4-2-3-12(18)10-13/h5-9,12-13H,2-4,10,18H2,1H3/t12-,13-/m1/s1. The molecule has 21 heavy (non-hydrogen) atoms. The van der Waals surface area contributed by atoms with E-state index >= 15 is 0 Å². The average molecular weight is 289 g/mol. The zero-order valence-electron chi connectivity index (χ0n) is 12.1. The molecule has 1 saturated carbocycles. The summed E-state index contributed by atoms with van der Waals surface area (Å²) in [4.78, 5) is 4.44. The van der Waals surface area contributed by atoms with Gasteiger partial charge in [0.05, 0.1) is 7.11 Å². The first-order chi connectivity index (χ1) is 10.2. The Morgan fingerprint density at radius 1 is 1.38 bits per heavy atom. The summed E-state index contributed by atoms with van der Waals surface area (Å²) in [5.74, 6) is 0.717. The van der Waals surface area contributed by atoms with E-state index in [2.05, 4.69) is 9.55 Å². The molecule has 1 aliphatic rings. The van der Waals surface area contributed by atoms with Crippen molar-refractivity contribution < 1.29 is 9.13 Å².